The molecule has 0 saturated carbocycles. The minimum Gasteiger partial charge on any atom is -0.461 e. The van der Waals surface area contributed by atoms with E-state index in [1.165, 1.54) is 0 Å². The van der Waals surface area contributed by atoms with Gasteiger partial charge in [-0.05, 0) is 24.4 Å². The van der Waals surface area contributed by atoms with Gasteiger partial charge in [0.05, 0.1) is 5.92 Å². The Morgan fingerprint density at radius 3 is 2.62 bits per heavy atom. The van der Waals surface area contributed by atoms with Gasteiger partial charge in [0.25, 0.3) is 0 Å². The van der Waals surface area contributed by atoms with E-state index in [2.05, 4.69) is 12.2 Å². The number of esters is 1. The minimum atomic E-state index is -0.179. The van der Waals surface area contributed by atoms with Crippen LogP contribution in [0.2, 0.25) is 0 Å². The van der Waals surface area contributed by atoms with Crippen molar-refractivity contribution in [2.45, 2.75) is 33.3 Å². The number of hydrogen-bond acceptors (Lipinski definition) is 4. The lowest BCUT2D eigenvalue weighted by Gasteiger charge is -2.17. The summed E-state index contributed by atoms with van der Waals surface area (Å²) in [6, 6.07) is 9.68. The number of carbonyl (C=O) groups excluding carboxylic acids is 1. The monoisotopic (exact) mass is 293 g/mol. The summed E-state index contributed by atoms with van der Waals surface area (Å²) in [4.78, 5) is 11.9. The molecule has 0 aliphatic carbocycles. The fourth-order valence-electron chi connectivity index (χ4n) is 2.09. The second-order valence-electron chi connectivity index (χ2n) is 5.44. The average molecular weight is 293 g/mol. The Balaban J connectivity index is 2.22. The normalized spacial score (nSPS) is 13.7. The van der Waals surface area contributed by atoms with Gasteiger partial charge in [-0.15, -0.1) is 0 Å². The SMILES string of the molecule is CCC(CCO)CNCC(C)C(=O)OCc1ccccc1. The van der Waals surface area contributed by atoms with E-state index in [4.69, 9.17) is 9.84 Å². The highest BCUT2D eigenvalue weighted by Gasteiger charge is 2.15. The Morgan fingerprint density at radius 1 is 1.29 bits per heavy atom. The maximum Gasteiger partial charge on any atom is 0.310 e. The summed E-state index contributed by atoms with van der Waals surface area (Å²) in [5, 5.41) is 12.2. The number of aliphatic hydroxyl groups is 1. The summed E-state index contributed by atoms with van der Waals surface area (Å²) >= 11 is 0. The first kappa shape index (κ1) is 17.7. The van der Waals surface area contributed by atoms with E-state index in [0.29, 0.717) is 19.1 Å². The third-order valence-electron chi connectivity index (χ3n) is 3.62. The number of nitrogens with one attached hydrogen (secondary N) is 1. The molecule has 4 nitrogen and oxygen atoms in total. The molecule has 21 heavy (non-hydrogen) atoms. The first-order valence-electron chi connectivity index (χ1n) is 7.69. The van der Waals surface area contributed by atoms with E-state index < -0.39 is 0 Å². The van der Waals surface area contributed by atoms with Crippen LogP contribution in [-0.2, 0) is 16.1 Å². The lowest BCUT2D eigenvalue weighted by Crippen LogP contribution is -2.31. The molecule has 118 valence electrons. The quantitative estimate of drug-likeness (QED) is 0.650. The fourth-order valence-corrected chi connectivity index (χ4v) is 2.09. The highest BCUT2D eigenvalue weighted by molar-refractivity contribution is 5.72. The summed E-state index contributed by atoms with van der Waals surface area (Å²) in [5.41, 5.74) is 1.00. The summed E-state index contributed by atoms with van der Waals surface area (Å²) in [6.07, 6.45) is 1.83. The molecule has 2 atom stereocenters. The van der Waals surface area contributed by atoms with Crippen LogP contribution in [-0.4, -0.2) is 30.8 Å². The summed E-state index contributed by atoms with van der Waals surface area (Å²) in [7, 11) is 0. The van der Waals surface area contributed by atoms with Crippen molar-refractivity contribution in [2.75, 3.05) is 19.7 Å². The molecule has 0 amide bonds. The van der Waals surface area contributed by atoms with Gasteiger partial charge in [0.2, 0.25) is 0 Å². The first-order chi connectivity index (χ1) is 10.2. The Labute approximate surface area is 127 Å². The molecule has 4 heteroatoms. The molecule has 1 aromatic rings. The second-order valence-corrected chi connectivity index (χ2v) is 5.44. The van der Waals surface area contributed by atoms with Gasteiger partial charge >= 0.3 is 5.97 Å². The number of ether oxygens (including phenoxy) is 1. The number of aliphatic hydroxyl groups excluding tert-OH is 1. The second kappa shape index (κ2) is 10.4. The van der Waals surface area contributed by atoms with Gasteiger partial charge in [-0.25, -0.2) is 0 Å². The van der Waals surface area contributed by atoms with Crippen LogP contribution in [0.5, 0.6) is 0 Å². The van der Waals surface area contributed by atoms with Crippen LogP contribution in [0.15, 0.2) is 30.3 Å². The predicted molar refractivity (Wildman–Crippen MR) is 83.8 cm³/mol. The van der Waals surface area contributed by atoms with Crippen molar-refractivity contribution in [2.24, 2.45) is 11.8 Å². The third kappa shape index (κ3) is 7.25. The van der Waals surface area contributed by atoms with E-state index in [-0.39, 0.29) is 18.5 Å². The third-order valence-corrected chi connectivity index (χ3v) is 3.62. The zero-order valence-corrected chi connectivity index (χ0v) is 13.0. The smallest absolute Gasteiger partial charge is 0.310 e. The van der Waals surface area contributed by atoms with Crippen molar-refractivity contribution in [3.8, 4) is 0 Å². The van der Waals surface area contributed by atoms with Crippen LogP contribution in [0, 0.1) is 11.8 Å². The molecule has 0 spiro atoms. The van der Waals surface area contributed by atoms with Crippen molar-refractivity contribution in [1.82, 2.24) is 5.32 Å². The standard InChI is InChI=1S/C17H27NO3/c1-3-15(9-10-19)12-18-11-14(2)17(20)21-13-16-7-5-4-6-8-16/h4-8,14-15,18-19H,3,9-13H2,1-2H3. The van der Waals surface area contributed by atoms with Gasteiger partial charge < -0.3 is 15.2 Å². The Kier molecular flexibility index (Phi) is 8.71. The number of hydrogen-bond donors (Lipinski definition) is 2. The van der Waals surface area contributed by atoms with Crippen molar-refractivity contribution >= 4 is 5.97 Å². The number of rotatable bonds is 10. The molecule has 2 N–H and O–H groups in total. The molecule has 1 aromatic carbocycles. The van der Waals surface area contributed by atoms with Gasteiger partial charge in [0, 0.05) is 13.2 Å². The van der Waals surface area contributed by atoms with Crippen LogP contribution < -0.4 is 5.32 Å². The van der Waals surface area contributed by atoms with Crippen molar-refractivity contribution < 1.29 is 14.6 Å². The van der Waals surface area contributed by atoms with Gasteiger partial charge in [-0.1, -0.05) is 50.6 Å². The Morgan fingerprint density at radius 2 is 2.00 bits per heavy atom. The molecule has 0 fully saturated rings. The molecule has 0 bridgehead atoms. The number of carbonyl (C=O) groups is 1. The van der Waals surface area contributed by atoms with Gasteiger partial charge in [0.1, 0.15) is 6.61 Å². The molecule has 0 saturated heterocycles. The topological polar surface area (TPSA) is 58.6 Å². The van der Waals surface area contributed by atoms with E-state index >= 15 is 0 Å². The fraction of sp³-hybridized carbons (Fsp3) is 0.588. The molecule has 2 unspecified atom stereocenters. The van der Waals surface area contributed by atoms with Crippen LogP contribution in [0.1, 0.15) is 32.3 Å². The maximum absolute atomic E-state index is 11.9. The van der Waals surface area contributed by atoms with E-state index in [1.807, 2.05) is 37.3 Å². The number of benzene rings is 1. The van der Waals surface area contributed by atoms with E-state index in [0.717, 1.165) is 24.9 Å². The van der Waals surface area contributed by atoms with Crippen LogP contribution >= 0.6 is 0 Å². The zero-order valence-electron chi connectivity index (χ0n) is 13.0. The van der Waals surface area contributed by atoms with Crippen LogP contribution in [0.3, 0.4) is 0 Å². The Hall–Kier alpha value is -1.39. The van der Waals surface area contributed by atoms with Gasteiger partial charge in [0.15, 0.2) is 0 Å². The molecular formula is C17H27NO3. The molecule has 0 heterocycles. The largest absolute Gasteiger partial charge is 0.461 e. The summed E-state index contributed by atoms with van der Waals surface area (Å²) in [5.74, 6) is 0.115. The molecule has 0 radical (unpaired) electrons. The van der Waals surface area contributed by atoms with Gasteiger partial charge in [-0.3, -0.25) is 4.79 Å². The Bertz CT molecular complexity index is 394. The van der Waals surface area contributed by atoms with E-state index in [9.17, 15) is 4.79 Å². The van der Waals surface area contributed by atoms with Gasteiger partial charge in [-0.2, -0.15) is 0 Å². The summed E-state index contributed by atoms with van der Waals surface area (Å²) in [6.45, 7) is 5.96. The lowest BCUT2D eigenvalue weighted by atomic mass is 10.0. The first-order valence-corrected chi connectivity index (χ1v) is 7.69. The minimum absolute atomic E-state index is 0.166. The zero-order chi connectivity index (χ0) is 15.5. The van der Waals surface area contributed by atoms with Crippen molar-refractivity contribution in [3.63, 3.8) is 0 Å². The average Bonchev–Trinajstić information content (AvgIpc) is 2.52. The molecule has 0 aromatic heterocycles. The highest BCUT2D eigenvalue weighted by atomic mass is 16.5. The predicted octanol–water partition coefficient (Wildman–Crippen LogP) is 2.36. The van der Waals surface area contributed by atoms with Crippen LogP contribution in [0.4, 0.5) is 0 Å². The molecule has 0 aliphatic rings. The van der Waals surface area contributed by atoms with Crippen molar-refractivity contribution in [3.05, 3.63) is 35.9 Å². The highest BCUT2D eigenvalue weighted by Crippen LogP contribution is 2.07. The molecule has 1 rings (SSSR count). The lowest BCUT2D eigenvalue weighted by molar-refractivity contribution is -0.149. The van der Waals surface area contributed by atoms with Crippen molar-refractivity contribution in [1.29, 1.82) is 0 Å². The van der Waals surface area contributed by atoms with E-state index in [1.54, 1.807) is 0 Å². The summed E-state index contributed by atoms with van der Waals surface area (Å²) < 4.78 is 5.30. The maximum atomic E-state index is 11.9. The molecule has 0 aliphatic heterocycles. The van der Waals surface area contributed by atoms with Crippen LogP contribution in [0.25, 0.3) is 0 Å². The molecular weight excluding hydrogens is 266 g/mol.